The highest BCUT2D eigenvalue weighted by Gasteiger charge is 2.46. The van der Waals surface area contributed by atoms with E-state index in [1.165, 1.54) is 30.2 Å². The Balaban J connectivity index is 1.79. The summed E-state index contributed by atoms with van der Waals surface area (Å²) in [6, 6.07) is 9.84. The molecule has 2 aromatic rings. The Labute approximate surface area is 202 Å². The number of amides is 1. The van der Waals surface area contributed by atoms with Crippen LogP contribution in [0.2, 0.25) is 0 Å². The van der Waals surface area contributed by atoms with E-state index in [0.29, 0.717) is 55.3 Å². The summed E-state index contributed by atoms with van der Waals surface area (Å²) in [4.78, 5) is 40.8. The van der Waals surface area contributed by atoms with Crippen LogP contribution in [0.25, 0.3) is 5.76 Å². The average Bonchev–Trinajstić information content (AvgIpc) is 3.12. The number of benzene rings is 2. The largest absolute Gasteiger partial charge is 0.507 e. The number of aliphatic hydroxyl groups is 1. The molecule has 0 saturated carbocycles. The van der Waals surface area contributed by atoms with Gasteiger partial charge in [-0.25, -0.2) is 0 Å². The van der Waals surface area contributed by atoms with Gasteiger partial charge in [0, 0.05) is 43.9 Å². The van der Waals surface area contributed by atoms with Crippen molar-refractivity contribution in [1.82, 2.24) is 9.80 Å². The summed E-state index contributed by atoms with van der Waals surface area (Å²) in [5.74, 6) is -1.31. The van der Waals surface area contributed by atoms with Crippen molar-refractivity contribution >= 4 is 23.1 Å². The van der Waals surface area contributed by atoms with Gasteiger partial charge in [-0.3, -0.25) is 24.6 Å². The lowest BCUT2D eigenvalue weighted by molar-refractivity contribution is -0.384. The molecule has 2 saturated heterocycles. The number of nitro benzene ring substituents is 1. The van der Waals surface area contributed by atoms with Crippen molar-refractivity contribution in [1.29, 1.82) is 0 Å². The molecule has 0 spiro atoms. The second-order valence-corrected chi connectivity index (χ2v) is 8.48. The van der Waals surface area contributed by atoms with Crippen LogP contribution in [-0.4, -0.2) is 78.0 Å². The average molecular weight is 482 g/mol. The molecule has 0 bridgehead atoms. The number of Topliss-reactive ketones (excluding diaryl/α,β-unsaturated/α-hetero) is 1. The topological polar surface area (TPSA) is 122 Å². The van der Waals surface area contributed by atoms with Crippen LogP contribution in [0.1, 0.15) is 22.7 Å². The predicted molar refractivity (Wildman–Crippen MR) is 127 cm³/mol. The van der Waals surface area contributed by atoms with Gasteiger partial charge in [-0.05, 0) is 36.2 Å². The number of carbonyl (C=O) groups excluding carboxylic acids is 2. The number of non-ortho nitro benzene ring substituents is 1. The van der Waals surface area contributed by atoms with E-state index in [2.05, 4.69) is 4.90 Å². The van der Waals surface area contributed by atoms with Crippen molar-refractivity contribution in [2.45, 2.75) is 13.0 Å². The molecular formula is C25H27N3O7. The van der Waals surface area contributed by atoms with Crippen molar-refractivity contribution in [3.8, 4) is 5.75 Å². The van der Waals surface area contributed by atoms with E-state index in [0.717, 1.165) is 0 Å². The maximum atomic E-state index is 13.2. The molecule has 35 heavy (non-hydrogen) atoms. The summed E-state index contributed by atoms with van der Waals surface area (Å²) in [6.07, 6.45) is 0. The molecular weight excluding hydrogens is 454 g/mol. The fraction of sp³-hybridized carbons (Fsp3) is 0.360. The van der Waals surface area contributed by atoms with Gasteiger partial charge in [0.1, 0.15) is 11.5 Å². The molecule has 0 unspecified atom stereocenters. The van der Waals surface area contributed by atoms with Crippen LogP contribution in [0, 0.1) is 17.0 Å². The second-order valence-electron chi connectivity index (χ2n) is 8.48. The SMILES string of the molecule is COc1ccc(/C(O)=C2\C(=O)C(=O)N(CCN3CCOCC3)[C@H]2c2cccc([N+](=O)[O-])c2)c(C)c1. The summed E-state index contributed by atoms with van der Waals surface area (Å²) in [5, 5.41) is 22.7. The Kier molecular flexibility index (Phi) is 7.13. The first-order valence-electron chi connectivity index (χ1n) is 11.3. The third kappa shape index (κ3) is 4.89. The van der Waals surface area contributed by atoms with Gasteiger partial charge in [0.05, 0.1) is 36.9 Å². The van der Waals surface area contributed by atoms with Crippen molar-refractivity contribution in [3.05, 3.63) is 74.8 Å². The lowest BCUT2D eigenvalue weighted by Crippen LogP contribution is -2.42. The molecule has 2 aliphatic heterocycles. The number of ketones is 1. The highest BCUT2D eigenvalue weighted by atomic mass is 16.6. The number of morpholine rings is 1. The first-order chi connectivity index (χ1) is 16.8. The number of ether oxygens (including phenoxy) is 2. The number of hydrogen-bond acceptors (Lipinski definition) is 8. The first kappa shape index (κ1) is 24.4. The second kappa shape index (κ2) is 10.2. The van der Waals surface area contributed by atoms with Gasteiger partial charge in [0.2, 0.25) is 0 Å². The van der Waals surface area contributed by atoms with E-state index < -0.39 is 22.7 Å². The van der Waals surface area contributed by atoms with Gasteiger partial charge in [-0.15, -0.1) is 0 Å². The molecule has 2 heterocycles. The quantitative estimate of drug-likeness (QED) is 0.211. The lowest BCUT2D eigenvalue weighted by atomic mass is 9.93. The Morgan fingerprint density at radius 3 is 2.57 bits per heavy atom. The van der Waals surface area contributed by atoms with Crippen LogP contribution in [0.15, 0.2) is 48.0 Å². The van der Waals surface area contributed by atoms with Crippen LogP contribution in [0.4, 0.5) is 5.69 Å². The van der Waals surface area contributed by atoms with Crippen molar-refractivity contribution in [3.63, 3.8) is 0 Å². The predicted octanol–water partition coefficient (Wildman–Crippen LogP) is 2.67. The molecule has 2 aromatic carbocycles. The minimum atomic E-state index is -0.961. The Hall–Kier alpha value is -3.76. The van der Waals surface area contributed by atoms with Gasteiger partial charge in [0.15, 0.2) is 0 Å². The fourth-order valence-electron chi connectivity index (χ4n) is 4.51. The number of rotatable bonds is 7. The number of methoxy groups -OCH3 is 1. The summed E-state index contributed by atoms with van der Waals surface area (Å²) in [5.41, 5.74) is 1.16. The molecule has 4 rings (SSSR count). The summed E-state index contributed by atoms with van der Waals surface area (Å²) < 4.78 is 10.6. The smallest absolute Gasteiger partial charge is 0.295 e. The molecule has 1 N–H and O–H groups in total. The minimum absolute atomic E-state index is 0.0919. The van der Waals surface area contributed by atoms with Gasteiger partial charge >= 0.3 is 0 Å². The molecule has 10 nitrogen and oxygen atoms in total. The summed E-state index contributed by atoms with van der Waals surface area (Å²) >= 11 is 0. The van der Waals surface area contributed by atoms with Crippen molar-refractivity contribution < 1.29 is 29.1 Å². The van der Waals surface area contributed by atoms with Crippen LogP contribution in [-0.2, 0) is 14.3 Å². The Morgan fingerprint density at radius 2 is 1.91 bits per heavy atom. The van der Waals surface area contributed by atoms with Crippen LogP contribution >= 0.6 is 0 Å². The van der Waals surface area contributed by atoms with Crippen LogP contribution in [0.5, 0.6) is 5.75 Å². The van der Waals surface area contributed by atoms with Gasteiger partial charge in [-0.2, -0.15) is 0 Å². The normalized spacial score (nSPS) is 20.3. The van der Waals surface area contributed by atoms with E-state index in [1.807, 2.05) is 0 Å². The van der Waals surface area contributed by atoms with E-state index in [1.54, 1.807) is 31.2 Å². The van der Waals surface area contributed by atoms with Gasteiger partial charge in [0.25, 0.3) is 17.4 Å². The zero-order chi connectivity index (χ0) is 25.1. The van der Waals surface area contributed by atoms with E-state index >= 15 is 0 Å². The monoisotopic (exact) mass is 481 g/mol. The highest BCUT2D eigenvalue weighted by molar-refractivity contribution is 6.46. The molecule has 1 amide bonds. The highest BCUT2D eigenvalue weighted by Crippen LogP contribution is 2.40. The first-order valence-corrected chi connectivity index (χ1v) is 11.3. The zero-order valence-corrected chi connectivity index (χ0v) is 19.6. The molecule has 0 aliphatic carbocycles. The Bertz CT molecular complexity index is 1190. The number of likely N-dealkylation sites (tertiary alicyclic amines) is 1. The summed E-state index contributed by atoms with van der Waals surface area (Å²) in [7, 11) is 1.52. The number of nitrogens with zero attached hydrogens (tertiary/aromatic N) is 3. The molecule has 2 aliphatic rings. The molecule has 2 fully saturated rings. The number of carbonyl (C=O) groups is 2. The summed E-state index contributed by atoms with van der Waals surface area (Å²) in [6.45, 7) is 5.06. The minimum Gasteiger partial charge on any atom is -0.507 e. The lowest BCUT2D eigenvalue weighted by Gasteiger charge is -2.31. The maximum absolute atomic E-state index is 13.2. The number of aliphatic hydroxyl groups excluding tert-OH is 1. The molecule has 0 radical (unpaired) electrons. The molecule has 1 atom stereocenters. The fourth-order valence-corrected chi connectivity index (χ4v) is 4.51. The van der Waals surface area contributed by atoms with Crippen molar-refractivity contribution in [2.24, 2.45) is 0 Å². The third-order valence-electron chi connectivity index (χ3n) is 6.39. The van der Waals surface area contributed by atoms with Crippen LogP contribution < -0.4 is 4.74 Å². The van der Waals surface area contributed by atoms with Gasteiger partial charge < -0.3 is 19.5 Å². The number of nitro groups is 1. The number of hydrogen-bond donors (Lipinski definition) is 1. The number of aryl methyl sites for hydroxylation is 1. The van der Waals surface area contributed by atoms with Crippen molar-refractivity contribution in [2.75, 3.05) is 46.5 Å². The molecule has 10 heteroatoms. The zero-order valence-electron chi connectivity index (χ0n) is 19.6. The molecule has 0 aromatic heterocycles. The van der Waals surface area contributed by atoms with Crippen LogP contribution in [0.3, 0.4) is 0 Å². The maximum Gasteiger partial charge on any atom is 0.295 e. The van der Waals surface area contributed by atoms with E-state index in [9.17, 15) is 24.8 Å². The van der Waals surface area contributed by atoms with E-state index in [4.69, 9.17) is 9.47 Å². The standard InChI is InChI=1S/C25H27N3O7/c1-16-14-19(34-2)6-7-20(16)23(29)21-22(17-4-3-5-18(15-17)28(32)33)27(25(31)24(21)30)9-8-26-10-12-35-13-11-26/h3-7,14-15,22,29H,8-13H2,1-2H3/b23-21+/t22-/m0/s1. The third-order valence-corrected chi connectivity index (χ3v) is 6.39. The van der Waals surface area contributed by atoms with E-state index in [-0.39, 0.29) is 23.6 Å². The molecule has 184 valence electrons. The van der Waals surface area contributed by atoms with Gasteiger partial charge in [-0.1, -0.05) is 12.1 Å². The Morgan fingerprint density at radius 1 is 1.17 bits per heavy atom.